The second kappa shape index (κ2) is 40.8. The van der Waals surface area contributed by atoms with E-state index in [4.69, 9.17) is 50.7 Å². The van der Waals surface area contributed by atoms with E-state index in [2.05, 4.69) is 75.7 Å². The summed E-state index contributed by atoms with van der Waals surface area (Å²) in [5.41, 5.74) is 11.8. The third-order valence-corrected chi connectivity index (χ3v) is 21.2. The van der Waals surface area contributed by atoms with Crippen molar-refractivity contribution in [3.05, 3.63) is 284 Å². The number of allylic oxidation sites excluding steroid dienone is 2. The Morgan fingerprint density at radius 3 is 1.00 bits per heavy atom. The monoisotopic (exact) mass is 1950 g/mol. The minimum atomic E-state index is -4.90. The maximum atomic E-state index is 14.4. The Kier molecular flexibility index (Phi) is 27.7. The number of aryl methyl sites for hydroxylation is 2. The van der Waals surface area contributed by atoms with E-state index >= 15 is 0 Å². The van der Waals surface area contributed by atoms with Gasteiger partial charge in [-0.2, -0.15) is 0 Å². The average Bonchev–Trinajstić information content (AvgIpc) is 1.62. The van der Waals surface area contributed by atoms with E-state index in [0.717, 1.165) is 81.1 Å². The second-order valence-electron chi connectivity index (χ2n) is 31.5. The number of benzene rings is 10. The number of hydrogen-bond donors (Lipinski definition) is 0. The number of aromatic nitrogens is 11. The lowest BCUT2D eigenvalue weighted by atomic mass is 9.86. The molecule has 3 aliphatic carbocycles. The van der Waals surface area contributed by atoms with Gasteiger partial charge < -0.3 is 83.5 Å². The van der Waals surface area contributed by atoms with Crippen LogP contribution in [0.1, 0.15) is 67.6 Å². The van der Waals surface area contributed by atoms with E-state index in [1.165, 1.54) is 73.9 Å². The molecule has 0 N–H and O–H groups in total. The Morgan fingerprint density at radius 2 is 0.679 bits per heavy atom. The molecule has 2 saturated carbocycles. The SMILES string of the molecule is Cn1cnc(COc2noc3ccc(-c4ccc(OC(F)(F)F)cc4)cc23)c1.Cn1cnc(COc2noc3ccc(-c4ccc(OC(F)(F)F)cc4)cc23)c1.FC(F)(F)Oc1ccc(-c2ccc3onc(OCC4=CCC=C4)c3c2)cc1.FC(F)(F)Oc1ccc(-c2ccc3onc(OCC4CCC4)c3c2)cc1.Fc1cc(OC(F)(F)F)ccc1-c1ccc2onc(OCc3nnc(C4CC4)o3)c2c1. The molecule has 8 heterocycles. The predicted molar refractivity (Wildman–Crippen MR) is 466 cm³/mol. The minimum Gasteiger partial charge on any atom is -0.475 e. The highest BCUT2D eigenvalue weighted by Crippen LogP contribution is 2.43. The molecule has 0 bridgehead atoms. The van der Waals surface area contributed by atoms with Crippen molar-refractivity contribution in [1.29, 1.82) is 0 Å². The van der Waals surface area contributed by atoms with E-state index in [9.17, 15) is 70.2 Å². The maximum Gasteiger partial charge on any atom is 0.573 e. The Labute approximate surface area is 778 Å². The molecule has 0 aliphatic heterocycles. The first kappa shape index (κ1) is 95.2. The molecule has 43 heteroatoms. The third kappa shape index (κ3) is 25.4. The summed E-state index contributed by atoms with van der Waals surface area (Å²) in [7, 11) is 3.72. The van der Waals surface area contributed by atoms with Crippen LogP contribution in [-0.4, -0.2) is 100 Å². The predicted octanol–water partition coefficient (Wildman–Crippen LogP) is 26.0. The van der Waals surface area contributed by atoms with Crippen molar-refractivity contribution in [2.24, 2.45) is 20.0 Å². The molecule has 8 aromatic heterocycles. The quantitative estimate of drug-likeness (QED) is 0.0455. The van der Waals surface area contributed by atoms with Gasteiger partial charge in [0.15, 0.2) is 34.5 Å². The number of nitrogens with zero attached hydrogens (tertiary/aromatic N) is 11. The maximum absolute atomic E-state index is 14.4. The van der Waals surface area contributed by atoms with E-state index in [-0.39, 0.29) is 54.3 Å². The zero-order valence-corrected chi connectivity index (χ0v) is 72.6. The van der Waals surface area contributed by atoms with Crippen LogP contribution < -0.4 is 47.4 Å². The van der Waals surface area contributed by atoms with Gasteiger partial charge in [-0.3, -0.25) is 0 Å². The Balaban J connectivity index is 0.000000121. The van der Waals surface area contributed by atoms with Crippen LogP contribution in [0.25, 0.3) is 110 Å². The third-order valence-electron chi connectivity index (χ3n) is 21.2. The molecule has 0 saturated heterocycles. The summed E-state index contributed by atoms with van der Waals surface area (Å²) in [6, 6.07) is 51.7. The van der Waals surface area contributed by atoms with Gasteiger partial charge in [-0.1, -0.05) is 104 Å². The zero-order valence-electron chi connectivity index (χ0n) is 72.6. The van der Waals surface area contributed by atoms with Gasteiger partial charge in [0, 0.05) is 44.0 Å². The second-order valence-corrected chi connectivity index (χ2v) is 31.5. The van der Waals surface area contributed by atoms with Crippen LogP contribution in [0.15, 0.2) is 282 Å². The lowest BCUT2D eigenvalue weighted by molar-refractivity contribution is -0.275. The van der Waals surface area contributed by atoms with Gasteiger partial charge in [0.05, 0.1) is 57.6 Å². The lowest BCUT2D eigenvalue weighted by Crippen LogP contribution is -2.19. The molecule has 10 aromatic carbocycles. The highest BCUT2D eigenvalue weighted by Gasteiger charge is 2.36. The van der Waals surface area contributed by atoms with Gasteiger partial charge in [0.25, 0.3) is 35.3 Å². The molecule has 0 atom stereocenters. The van der Waals surface area contributed by atoms with Crippen LogP contribution in [-0.2, 0) is 33.9 Å². The van der Waals surface area contributed by atoms with Gasteiger partial charge in [-0.25, -0.2) is 14.4 Å². The number of halogens is 16. The van der Waals surface area contributed by atoms with Crippen molar-refractivity contribution in [2.75, 3.05) is 13.2 Å². The summed E-state index contributed by atoms with van der Waals surface area (Å²) in [5.74, 6) is 0.785. The van der Waals surface area contributed by atoms with Crippen molar-refractivity contribution in [3.63, 3.8) is 0 Å². The summed E-state index contributed by atoms with van der Waals surface area (Å²) < 4.78 is 282. The Hall–Kier alpha value is -16.5. The van der Waals surface area contributed by atoms with Crippen LogP contribution in [0.4, 0.5) is 70.2 Å². The molecule has 0 unspecified atom stereocenters. The van der Waals surface area contributed by atoms with Crippen molar-refractivity contribution >= 4 is 54.8 Å². The fourth-order valence-corrected chi connectivity index (χ4v) is 14.3. The summed E-state index contributed by atoms with van der Waals surface area (Å²) in [6.07, 6.45) is -4.09. The van der Waals surface area contributed by atoms with E-state index in [0.29, 0.717) is 133 Å². The van der Waals surface area contributed by atoms with Gasteiger partial charge in [-0.05, 0) is 241 Å². The van der Waals surface area contributed by atoms with Gasteiger partial charge in [0.2, 0.25) is 5.89 Å². The van der Waals surface area contributed by atoms with Crippen molar-refractivity contribution < 1.29 is 145 Å². The zero-order chi connectivity index (χ0) is 98.0. The average molecular weight is 1950 g/mol. The Morgan fingerprint density at radius 1 is 0.350 bits per heavy atom. The number of alkyl halides is 15. The van der Waals surface area contributed by atoms with Gasteiger partial charge in [-0.15, -0.1) is 76.1 Å². The van der Waals surface area contributed by atoms with Crippen LogP contribution in [0.5, 0.6) is 58.1 Å². The molecule has 18 aromatic rings. The molecule has 0 amide bonds. The van der Waals surface area contributed by atoms with Crippen molar-refractivity contribution in [3.8, 4) is 114 Å². The minimum absolute atomic E-state index is 0.0244. The molecule has 27 nitrogen and oxygen atoms in total. The van der Waals surface area contributed by atoms with E-state index < -0.39 is 43.4 Å². The standard InChI is InChI=1S/C20H13F4N3O4.C20H14F3NO3.2C19H14F3N3O3.C19H16F3NO3/c21-15-8-12(30-20(22,23)24)4-5-13(15)11-3-6-16-14(7-11)19(27-31-16)28-9-17-25-26-18(29-17)10-1-2-10;21-20(22,23)26-16-8-5-14(6-9-16)15-7-10-18-17(11-15)19(24-27-18)25-12-13-3-1-2-4-13;2*1-25-9-14(23-11-25)10-26-18-16-8-13(4-7-17(16)28-24-18)12-2-5-15(6-3-12)27-19(20,21)22;20-19(21,22)25-15-7-4-13(5-8-15)14-6-9-17-16(10-14)18(23-26-17)24-11-12-2-1-3-12/h3-8,10H,1-2,9H2;1,3-11H,2,12H2;2*2-9,11H,10H2,1H3;4-10,12H,1-3,11H2. The van der Waals surface area contributed by atoms with Gasteiger partial charge >= 0.3 is 31.8 Å². The van der Waals surface area contributed by atoms with E-state index in [1.54, 1.807) is 134 Å². The molecule has 140 heavy (non-hydrogen) atoms. The molecular weight excluding hydrogens is 1880 g/mol. The van der Waals surface area contributed by atoms with E-state index in [1.807, 2.05) is 66.0 Å². The largest absolute Gasteiger partial charge is 0.573 e. The fourth-order valence-electron chi connectivity index (χ4n) is 14.3. The highest BCUT2D eigenvalue weighted by molar-refractivity contribution is 5.91. The number of ether oxygens (including phenoxy) is 10. The Bertz CT molecular complexity index is 7200. The molecule has 0 radical (unpaired) electrons. The van der Waals surface area contributed by atoms with Gasteiger partial charge in [0.1, 0.15) is 54.4 Å². The molecule has 3 aliphatic rings. The number of hydrogen-bond acceptors (Lipinski definition) is 25. The molecule has 21 rings (SSSR count). The topological polar surface area (TPSA) is 297 Å². The lowest BCUT2D eigenvalue weighted by Gasteiger charge is -2.24. The normalized spacial score (nSPS) is 13.3. The number of imidazole rings is 2. The van der Waals surface area contributed by atoms with Crippen molar-refractivity contribution in [1.82, 2.24) is 55.1 Å². The van der Waals surface area contributed by atoms with Crippen LogP contribution >= 0.6 is 0 Å². The molecule has 722 valence electrons. The van der Waals surface area contributed by atoms with Crippen molar-refractivity contribution in [2.45, 2.75) is 96.1 Å². The first-order valence-electron chi connectivity index (χ1n) is 42.3. The van der Waals surface area contributed by atoms with Crippen LogP contribution in [0, 0.1) is 11.7 Å². The first-order chi connectivity index (χ1) is 67.1. The number of rotatable bonds is 26. The smallest absolute Gasteiger partial charge is 0.475 e. The number of fused-ring (bicyclic) bond motifs is 5. The summed E-state index contributed by atoms with van der Waals surface area (Å²) in [5, 5.41) is 30.7. The summed E-state index contributed by atoms with van der Waals surface area (Å²) in [6.45, 7) is 1.46. The highest BCUT2D eigenvalue weighted by atomic mass is 19.4. The fraction of sp³-hybridized carbons (Fsp3) is 0.206. The summed E-state index contributed by atoms with van der Waals surface area (Å²) in [4.78, 5) is 8.36. The molecule has 2 fully saturated rings. The van der Waals surface area contributed by atoms with Crippen LogP contribution in [0.3, 0.4) is 0 Å². The molecule has 0 spiro atoms. The molecular formula is C97H71F16N11O16. The summed E-state index contributed by atoms with van der Waals surface area (Å²) >= 11 is 0. The first-order valence-corrected chi connectivity index (χ1v) is 42.3. The van der Waals surface area contributed by atoms with Crippen LogP contribution in [0.2, 0.25) is 0 Å².